The summed E-state index contributed by atoms with van der Waals surface area (Å²) in [6.45, 7) is 3.75. The second-order valence-electron chi connectivity index (χ2n) is 39.0. The predicted molar refractivity (Wildman–Crippen MR) is 486 cm³/mol. The molecule has 15 aliphatic rings. The van der Waals surface area contributed by atoms with E-state index in [0.29, 0.717) is 189 Å². The maximum absolute atomic E-state index is 13.2. The lowest BCUT2D eigenvalue weighted by molar-refractivity contribution is -0.143. The average Bonchev–Trinajstić information content (AvgIpc) is 1.57. The molecule has 5 aliphatic carbocycles. The van der Waals surface area contributed by atoms with Gasteiger partial charge in [-0.3, -0.25) is 38.4 Å². The van der Waals surface area contributed by atoms with Crippen molar-refractivity contribution in [2.45, 2.75) is 221 Å². The van der Waals surface area contributed by atoms with Crippen LogP contribution in [0, 0.1) is 41.4 Å². The number of carbonyl (C=O) groups is 8. The molecule has 5 aromatic carbocycles. The molecule has 10 aliphatic heterocycles. The van der Waals surface area contributed by atoms with Crippen molar-refractivity contribution in [2.24, 2.45) is 41.4 Å². The number of piperidine rings is 1. The van der Waals surface area contributed by atoms with Gasteiger partial charge in [0.15, 0.2) is 0 Å². The zero-order valence-corrected chi connectivity index (χ0v) is 75.4. The molecule has 12 atom stereocenters. The van der Waals surface area contributed by atoms with E-state index < -0.39 is 35.7 Å². The number of hydrogen-bond acceptors (Lipinski definition) is 22. The van der Waals surface area contributed by atoms with Crippen molar-refractivity contribution in [3.63, 3.8) is 0 Å². The average molecular weight is 1880 g/mol. The van der Waals surface area contributed by atoms with Crippen LogP contribution in [-0.4, -0.2) is 129 Å². The number of rotatable bonds is 24. The molecule has 14 heterocycles. The molecule has 5 saturated carbocycles. The molecule has 0 unspecified atom stereocenters. The molecule has 7 fully saturated rings. The van der Waals surface area contributed by atoms with Crippen LogP contribution < -0.4 is 59.2 Å². The summed E-state index contributed by atoms with van der Waals surface area (Å²) in [4.78, 5) is 117. The molecule has 2 saturated heterocycles. The lowest BCUT2D eigenvalue weighted by Crippen LogP contribution is -2.31. The number of nitrogens with zero attached hydrogens (tertiary/aromatic N) is 5. The number of aromatic nitrogens is 4. The Hall–Kier alpha value is -12.8. The number of anilines is 4. The number of amides is 4. The summed E-state index contributed by atoms with van der Waals surface area (Å²) >= 11 is 0. The molecular formula is C105H103F6N9O17. The van der Waals surface area contributed by atoms with Gasteiger partial charge in [-0.25, -0.2) is 19.9 Å². The fourth-order valence-electron chi connectivity index (χ4n) is 22.2. The van der Waals surface area contributed by atoms with E-state index in [9.17, 15) is 64.7 Å². The van der Waals surface area contributed by atoms with Crippen molar-refractivity contribution in [3.8, 4) is 69.0 Å². The minimum absolute atomic E-state index is 0.0133. The van der Waals surface area contributed by atoms with Crippen LogP contribution in [0.5, 0.6) is 69.0 Å². The van der Waals surface area contributed by atoms with E-state index in [1.54, 1.807) is 42.9 Å². The number of halogens is 6. The highest BCUT2D eigenvalue weighted by Crippen LogP contribution is 2.65. The third-order valence-electron chi connectivity index (χ3n) is 29.6. The number of pyridine rings is 4. The number of alkyl halides is 6. The Labute approximate surface area is 785 Å². The first-order chi connectivity index (χ1) is 66.2. The maximum Gasteiger partial charge on any atom is 0.416 e. The lowest BCUT2D eigenvalue weighted by atomic mass is 9.85. The Bertz CT molecular complexity index is 6090. The van der Waals surface area contributed by atoms with Gasteiger partial charge in [-0.1, -0.05) is 32.1 Å². The molecule has 4 amide bonds. The van der Waals surface area contributed by atoms with Gasteiger partial charge >= 0.3 is 12.4 Å². The quantitative estimate of drug-likeness (QED) is 0.0408. The highest BCUT2D eigenvalue weighted by Gasteiger charge is 2.63. The molecule has 0 spiro atoms. The molecule has 712 valence electrons. The minimum atomic E-state index is -4.98. The summed E-state index contributed by atoms with van der Waals surface area (Å²) in [5, 5.41) is 11.1. The predicted octanol–water partition coefficient (Wildman–Crippen LogP) is 19.6. The van der Waals surface area contributed by atoms with Crippen LogP contribution in [0.3, 0.4) is 0 Å². The van der Waals surface area contributed by atoms with Crippen LogP contribution in [0.4, 0.5) is 49.6 Å². The van der Waals surface area contributed by atoms with Gasteiger partial charge in [0.05, 0.1) is 11.1 Å². The van der Waals surface area contributed by atoms with Crippen LogP contribution in [0.2, 0.25) is 0 Å². The maximum atomic E-state index is 13.2. The van der Waals surface area contributed by atoms with E-state index in [-0.39, 0.29) is 102 Å². The summed E-state index contributed by atoms with van der Waals surface area (Å²) in [5.74, 6) is 14.4. The van der Waals surface area contributed by atoms with E-state index in [1.807, 2.05) is 60.7 Å². The van der Waals surface area contributed by atoms with Crippen molar-refractivity contribution < 1.29 is 107 Å². The standard InChI is InChI=1S/C28H20F6N2O4.C26H29N3O4.C26H28N2O4.C25H26N2O5/c29-27(30,31)14-7-13(8-15(10-14)28(32,33)34)9-16(37)11-20-24-19-12-17(1-3-21(19)40-25(20)24)39-22-5-6-35-26-18(22)2-4-23(38)36-26;1-29-10-7-15(8-11-29)12-16(30)13-20-24-19-14-17(2-4-21(19)33-25(20)24)32-22-6-9-27-26-18(22)3-5-23(31)28-26;29-16(12-15-4-2-1-3-5-15)13-20-24-19-14-17(6-8-21(19)32-25(20)24)31-22-10-11-27-26-18(22)7-9-23(30)28-26;28-15(11-14-6-9-30-10-7-14)12-19-23-18-13-16(1-3-20(18)32-24(19)23)31-21-5-8-26-25-17(21)2-4-22(29)27-25/h1,3,5-8,10,12,20,24-25H,2,4,9,11H2,(H,35,36,38);2,4,6,9,14-15,20,24-25H,3,5,7-8,10-13H2,1H3,(H,27,28,31);6,8,10-11,14-15,20,24-25H,1-5,7,9,12-13H2,(H,27,28,30);1,3,5,8,13-14,19,23-24H,2,4,6-7,9-12H2,(H,26,27,29)/t3*20-,24-,25+;19-,23-,24+/m0000/s1. The van der Waals surface area contributed by atoms with Crippen molar-refractivity contribution >= 4 is 70.0 Å². The van der Waals surface area contributed by atoms with Crippen LogP contribution in [-0.2, 0) is 87.5 Å². The van der Waals surface area contributed by atoms with E-state index >= 15 is 0 Å². The van der Waals surface area contributed by atoms with Crippen molar-refractivity contribution in [2.75, 3.05) is 54.6 Å². The van der Waals surface area contributed by atoms with Gasteiger partial charge in [0.2, 0.25) is 23.6 Å². The van der Waals surface area contributed by atoms with Gasteiger partial charge < -0.3 is 68.8 Å². The fourth-order valence-corrected chi connectivity index (χ4v) is 22.2. The molecule has 9 aromatic rings. The van der Waals surface area contributed by atoms with Crippen molar-refractivity contribution in [3.05, 3.63) is 201 Å². The number of nitrogens with one attached hydrogen (secondary N) is 4. The molecule has 137 heavy (non-hydrogen) atoms. The first kappa shape index (κ1) is 90.6. The molecule has 4 aromatic heterocycles. The van der Waals surface area contributed by atoms with Gasteiger partial charge in [-0.2, -0.15) is 26.3 Å². The molecular weight excluding hydrogens is 1770 g/mol. The SMILES string of the molecule is CN1CCC(CC(=O)C[C@@H]2[C@H]3Oc4ccc(Oc5ccnc6c5CCC(=O)N6)cc4[C@@H]23)CC1.O=C(CC1CCCCC1)C[C@@H]1[C@H]2Oc3ccc(Oc4ccnc5c4CCC(=O)N5)cc3[C@@H]12.O=C(CC1CCOCC1)C[C@@H]1[C@H]2Oc3ccc(Oc4ccnc5c4CCC(=O)N5)cc3[C@@H]12.O=C(Cc1cc(C(F)(F)F)cc(C(F)(F)F)c1)C[C@@H]1[C@H]2Oc3ccc(Oc4ccnc5c4CCC(=O)N5)cc3[C@@H]12. The summed E-state index contributed by atoms with van der Waals surface area (Å²) in [7, 11) is 2.15. The summed E-state index contributed by atoms with van der Waals surface area (Å²) < 4.78 is 133. The molecule has 0 bridgehead atoms. The summed E-state index contributed by atoms with van der Waals surface area (Å²) in [5.41, 5.74) is 4.56. The normalized spacial score (nSPS) is 24.4. The smallest absolute Gasteiger partial charge is 0.416 e. The highest BCUT2D eigenvalue weighted by molar-refractivity contribution is 5.96. The van der Waals surface area contributed by atoms with Crippen LogP contribution in [0.25, 0.3) is 0 Å². The Balaban J connectivity index is 0.000000109. The van der Waals surface area contributed by atoms with Gasteiger partial charge in [-0.15, -0.1) is 0 Å². The zero-order chi connectivity index (χ0) is 94.2. The number of likely N-dealkylation sites (tertiary alicyclic amines) is 1. The number of ketones is 4. The van der Waals surface area contributed by atoms with Crippen LogP contribution in [0.15, 0.2) is 140 Å². The van der Waals surface area contributed by atoms with E-state index in [2.05, 4.69) is 65.3 Å². The van der Waals surface area contributed by atoms with Gasteiger partial charge in [0.25, 0.3) is 0 Å². The Morgan fingerprint density at radius 3 is 0.978 bits per heavy atom. The van der Waals surface area contributed by atoms with E-state index in [1.165, 1.54) is 38.3 Å². The monoisotopic (exact) mass is 1880 g/mol. The lowest BCUT2D eigenvalue weighted by Gasteiger charge is -2.28. The van der Waals surface area contributed by atoms with E-state index in [0.717, 1.165) is 149 Å². The van der Waals surface area contributed by atoms with E-state index in [4.69, 9.17) is 42.6 Å². The number of Topliss-reactive ketones (excluding diaryl/α,β-unsaturated/α-hetero) is 4. The molecule has 26 nitrogen and oxygen atoms in total. The second-order valence-corrected chi connectivity index (χ2v) is 39.0. The molecule has 32 heteroatoms. The fraction of sp³-hybridized carbons (Fsp3) is 0.448. The van der Waals surface area contributed by atoms with Gasteiger partial charge in [-0.05, 0) is 210 Å². The number of fused-ring (bicyclic) bond motifs is 16. The first-order valence-electron chi connectivity index (χ1n) is 47.9. The topological polar surface area (TPSA) is 323 Å². The first-order valence-corrected chi connectivity index (χ1v) is 47.9. The largest absolute Gasteiger partial charge is 0.489 e. The Morgan fingerprint density at radius 1 is 0.365 bits per heavy atom. The number of ether oxygens (including phenoxy) is 9. The number of carbonyl (C=O) groups excluding carboxylic acids is 8. The van der Waals surface area contributed by atoms with Crippen LogP contribution in [0.1, 0.15) is 213 Å². The zero-order valence-electron chi connectivity index (χ0n) is 75.4. The highest BCUT2D eigenvalue weighted by atomic mass is 19.4. The molecule has 24 rings (SSSR count). The van der Waals surface area contributed by atoms with Crippen molar-refractivity contribution in [1.29, 1.82) is 0 Å². The summed E-state index contributed by atoms with van der Waals surface area (Å²) in [6, 6.07) is 31.4. The van der Waals surface area contributed by atoms with Crippen LogP contribution >= 0.6 is 0 Å². The van der Waals surface area contributed by atoms with Crippen molar-refractivity contribution in [1.82, 2.24) is 24.8 Å². The third kappa shape index (κ3) is 19.9. The molecule has 4 N–H and O–H groups in total. The number of benzene rings is 5. The third-order valence-corrected chi connectivity index (χ3v) is 29.6. The summed E-state index contributed by atoms with van der Waals surface area (Å²) in [6.07, 6.45) is 14.4. The second kappa shape index (κ2) is 37.6. The Morgan fingerprint density at radius 2 is 0.664 bits per heavy atom. The number of hydrogen-bond donors (Lipinski definition) is 4. The van der Waals surface area contributed by atoms with Gasteiger partial charge in [0.1, 0.15) is 140 Å². The van der Waals surface area contributed by atoms with Gasteiger partial charge in [0, 0.05) is 207 Å². The Kier molecular flexibility index (Phi) is 24.9. The minimum Gasteiger partial charge on any atom is -0.489 e. The molecule has 0 radical (unpaired) electrons.